The van der Waals surface area contributed by atoms with E-state index in [1.54, 1.807) is 0 Å². The Morgan fingerprint density at radius 1 is 1.32 bits per heavy atom. The van der Waals surface area contributed by atoms with Crippen LogP contribution in [0.15, 0.2) is 24.3 Å². The maximum atomic E-state index is 11.6. The molecule has 0 saturated carbocycles. The van der Waals surface area contributed by atoms with E-state index in [0.29, 0.717) is 13.0 Å². The normalized spacial score (nSPS) is 18.5. The lowest BCUT2D eigenvalue weighted by Crippen LogP contribution is -2.18. The predicted molar refractivity (Wildman–Crippen MR) is 74.1 cm³/mol. The van der Waals surface area contributed by atoms with Gasteiger partial charge in [-0.1, -0.05) is 31.2 Å². The highest BCUT2D eigenvalue weighted by atomic mass is 16.6. The molecule has 19 heavy (non-hydrogen) atoms. The quantitative estimate of drug-likeness (QED) is 0.739. The average molecular weight is 262 g/mol. The Hall–Kier alpha value is -1.35. The van der Waals surface area contributed by atoms with Gasteiger partial charge in [0.25, 0.3) is 0 Å². The maximum absolute atomic E-state index is 11.6. The van der Waals surface area contributed by atoms with Crippen LogP contribution in [-0.2, 0) is 27.1 Å². The second kappa shape index (κ2) is 7.29. The summed E-state index contributed by atoms with van der Waals surface area (Å²) in [5.41, 5.74) is 2.51. The lowest BCUT2D eigenvalue weighted by atomic mass is 10.1. The number of aryl methyl sites for hydroxylation is 2. The minimum absolute atomic E-state index is 0.118. The maximum Gasteiger partial charge on any atom is 0.306 e. The molecule has 0 bridgehead atoms. The van der Waals surface area contributed by atoms with Gasteiger partial charge in [0, 0.05) is 13.0 Å². The molecule has 0 aliphatic carbocycles. The van der Waals surface area contributed by atoms with E-state index in [0.717, 1.165) is 32.3 Å². The van der Waals surface area contributed by atoms with Crippen LogP contribution in [0.4, 0.5) is 0 Å². The molecular formula is C16H22O3. The van der Waals surface area contributed by atoms with Crippen molar-refractivity contribution in [2.45, 2.75) is 45.1 Å². The van der Waals surface area contributed by atoms with Gasteiger partial charge in [0.1, 0.15) is 6.61 Å². The molecule has 3 heteroatoms. The minimum Gasteiger partial charge on any atom is -0.463 e. The van der Waals surface area contributed by atoms with Gasteiger partial charge in [0.05, 0.1) is 6.10 Å². The van der Waals surface area contributed by atoms with E-state index in [1.165, 1.54) is 11.1 Å². The third-order valence-corrected chi connectivity index (χ3v) is 3.50. The Morgan fingerprint density at radius 2 is 2.05 bits per heavy atom. The summed E-state index contributed by atoms with van der Waals surface area (Å²) >= 11 is 0. The topological polar surface area (TPSA) is 35.5 Å². The van der Waals surface area contributed by atoms with Gasteiger partial charge in [0.2, 0.25) is 0 Å². The van der Waals surface area contributed by atoms with E-state index in [2.05, 4.69) is 31.2 Å². The monoisotopic (exact) mass is 262 g/mol. The summed E-state index contributed by atoms with van der Waals surface area (Å²) in [5, 5.41) is 0. The summed E-state index contributed by atoms with van der Waals surface area (Å²) in [6.07, 6.45) is 4.43. The Balaban J connectivity index is 1.67. The molecule has 0 spiro atoms. The van der Waals surface area contributed by atoms with E-state index < -0.39 is 0 Å². The average Bonchev–Trinajstić information content (AvgIpc) is 2.96. The Morgan fingerprint density at radius 3 is 2.68 bits per heavy atom. The molecule has 0 N–H and O–H groups in total. The molecule has 1 fully saturated rings. The van der Waals surface area contributed by atoms with Crippen LogP contribution >= 0.6 is 0 Å². The van der Waals surface area contributed by atoms with Crippen LogP contribution in [0.2, 0.25) is 0 Å². The molecule has 0 amide bonds. The summed E-state index contributed by atoms with van der Waals surface area (Å²) in [7, 11) is 0. The lowest BCUT2D eigenvalue weighted by molar-refractivity contribution is -0.146. The van der Waals surface area contributed by atoms with Gasteiger partial charge in [0.15, 0.2) is 0 Å². The first-order valence-corrected chi connectivity index (χ1v) is 7.13. The number of hydrogen-bond acceptors (Lipinski definition) is 3. The van der Waals surface area contributed by atoms with Crippen LogP contribution in [0.5, 0.6) is 0 Å². The fourth-order valence-corrected chi connectivity index (χ4v) is 2.22. The zero-order valence-electron chi connectivity index (χ0n) is 11.6. The highest BCUT2D eigenvalue weighted by Crippen LogP contribution is 2.13. The zero-order chi connectivity index (χ0) is 13.5. The van der Waals surface area contributed by atoms with Crippen molar-refractivity contribution in [2.24, 2.45) is 0 Å². The highest BCUT2D eigenvalue weighted by Gasteiger charge is 2.17. The van der Waals surface area contributed by atoms with Crippen LogP contribution in [0.25, 0.3) is 0 Å². The first-order chi connectivity index (χ1) is 9.28. The molecule has 1 aliphatic heterocycles. The number of benzene rings is 1. The van der Waals surface area contributed by atoms with Gasteiger partial charge < -0.3 is 9.47 Å². The molecule has 1 unspecified atom stereocenters. The van der Waals surface area contributed by atoms with Gasteiger partial charge in [-0.25, -0.2) is 0 Å². The molecule has 1 saturated heterocycles. The molecule has 1 aromatic carbocycles. The molecule has 1 heterocycles. The number of rotatable bonds is 6. The standard InChI is InChI=1S/C16H22O3/c1-2-13-5-7-14(8-6-13)9-10-16(17)19-12-15-4-3-11-18-15/h5-8,15H,2-4,9-12H2,1H3. The van der Waals surface area contributed by atoms with Crippen molar-refractivity contribution in [1.82, 2.24) is 0 Å². The second-order valence-corrected chi connectivity index (χ2v) is 4.99. The van der Waals surface area contributed by atoms with E-state index >= 15 is 0 Å². The third kappa shape index (κ3) is 4.67. The van der Waals surface area contributed by atoms with E-state index in [4.69, 9.17) is 9.47 Å². The van der Waals surface area contributed by atoms with E-state index in [1.807, 2.05) is 0 Å². The third-order valence-electron chi connectivity index (χ3n) is 3.50. The number of ether oxygens (including phenoxy) is 2. The molecule has 1 aliphatic rings. The lowest BCUT2D eigenvalue weighted by Gasteiger charge is -2.10. The molecule has 0 radical (unpaired) electrons. The van der Waals surface area contributed by atoms with Crippen LogP contribution < -0.4 is 0 Å². The molecule has 1 atom stereocenters. The summed E-state index contributed by atoms with van der Waals surface area (Å²) in [6.45, 7) is 3.34. The van der Waals surface area contributed by atoms with Gasteiger partial charge >= 0.3 is 5.97 Å². The van der Waals surface area contributed by atoms with Gasteiger partial charge in [-0.2, -0.15) is 0 Å². The van der Waals surface area contributed by atoms with Crippen molar-refractivity contribution in [3.8, 4) is 0 Å². The van der Waals surface area contributed by atoms with Crippen molar-refractivity contribution in [2.75, 3.05) is 13.2 Å². The number of carbonyl (C=O) groups excluding carboxylic acids is 1. The largest absolute Gasteiger partial charge is 0.463 e. The van der Waals surface area contributed by atoms with Gasteiger partial charge in [-0.05, 0) is 36.8 Å². The first kappa shape index (κ1) is 14.1. The number of hydrogen-bond donors (Lipinski definition) is 0. The van der Waals surface area contributed by atoms with Crippen LogP contribution in [0.3, 0.4) is 0 Å². The molecule has 0 aromatic heterocycles. The molecule has 2 rings (SSSR count). The second-order valence-electron chi connectivity index (χ2n) is 4.99. The fourth-order valence-electron chi connectivity index (χ4n) is 2.22. The fraction of sp³-hybridized carbons (Fsp3) is 0.562. The van der Waals surface area contributed by atoms with Crippen molar-refractivity contribution in [3.05, 3.63) is 35.4 Å². The van der Waals surface area contributed by atoms with Gasteiger partial charge in [-0.3, -0.25) is 4.79 Å². The van der Waals surface area contributed by atoms with Crippen molar-refractivity contribution >= 4 is 5.97 Å². The van der Waals surface area contributed by atoms with E-state index in [9.17, 15) is 4.79 Å². The minimum atomic E-state index is -0.130. The summed E-state index contributed by atoms with van der Waals surface area (Å²) in [6, 6.07) is 8.42. The number of esters is 1. The molecule has 3 nitrogen and oxygen atoms in total. The van der Waals surface area contributed by atoms with Crippen LogP contribution in [0, 0.1) is 0 Å². The summed E-state index contributed by atoms with van der Waals surface area (Å²) in [5.74, 6) is -0.130. The molecule has 104 valence electrons. The van der Waals surface area contributed by atoms with Gasteiger partial charge in [-0.15, -0.1) is 0 Å². The molecule has 1 aromatic rings. The van der Waals surface area contributed by atoms with Crippen LogP contribution in [-0.4, -0.2) is 25.3 Å². The molecular weight excluding hydrogens is 240 g/mol. The summed E-state index contributed by atoms with van der Waals surface area (Å²) < 4.78 is 10.6. The van der Waals surface area contributed by atoms with E-state index in [-0.39, 0.29) is 12.1 Å². The highest BCUT2D eigenvalue weighted by molar-refractivity contribution is 5.69. The van der Waals surface area contributed by atoms with Crippen molar-refractivity contribution < 1.29 is 14.3 Å². The van der Waals surface area contributed by atoms with Crippen LogP contribution in [0.1, 0.15) is 37.3 Å². The Labute approximate surface area is 114 Å². The number of carbonyl (C=O) groups is 1. The summed E-state index contributed by atoms with van der Waals surface area (Å²) in [4.78, 5) is 11.6. The first-order valence-electron chi connectivity index (χ1n) is 7.13. The van der Waals surface area contributed by atoms with Crippen molar-refractivity contribution in [1.29, 1.82) is 0 Å². The SMILES string of the molecule is CCc1ccc(CCC(=O)OCC2CCCO2)cc1. The van der Waals surface area contributed by atoms with Crippen molar-refractivity contribution in [3.63, 3.8) is 0 Å². The Kier molecular flexibility index (Phi) is 5.40. The zero-order valence-corrected chi connectivity index (χ0v) is 11.6. The predicted octanol–water partition coefficient (Wildman–Crippen LogP) is 2.90. The Bertz CT molecular complexity index is 391. The smallest absolute Gasteiger partial charge is 0.306 e.